The fourth-order valence-corrected chi connectivity index (χ4v) is 3.11. The first-order valence-corrected chi connectivity index (χ1v) is 8.62. The fraction of sp³-hybridized carbons (Fsp3) is 0.647. The molecule has 0 aliphatic heterocycles. The number of thioether (sulfide) groups is 1. The van der Waals surface area contributed by atoms with Crippen LogP contribution in [0.1, 0.15) is 46.5 Å². The summed E-state index contributed by atoms with van der Waals surface area (Å²) in [6.07, 6.45) is 5.21. The van der Waals surface area contributed by atoms with Crippen molar-refractivity contribution in [3.8, 4) is 0 Å². The standard InChI is InChI=1S/C17H29NS/c1-4-13-18-16(10-8-9-15(2)3)14-19-17-11-6-5-7-12-17/h5-7,11-12,15-16,18H,4,8-10,13-14H2,1-3H3. The first-order chi connectivity index (χ1) is 9.22. The molecule has 0 aromatic heterocycles. The van der Waals surface area contributed by atoms with Gasteiger partial charge in [0.25, 0.3) is 0 Å². The zero-order chi connectivity index (χ0) is 13.9. The van der Waals surface area contributed by atoms with Crippen molar-refractivity contribution in [1.29, 1.82) is 0 Å². The van der Waals surface area contributed by atoms with Crippen LogP contribution >= 0.6 is 11.8 Å². The molecular formula is C17H29NS. The lowest BCUT2D eigenvalue weighted by atomic mass is 10.0. The molecule has 0 heterocycles. The van der Waals surface area contributed by atoms with Gasteiger partial charge in [-0.3, -0.25) is 0 Å². The Balaban J connectivity index is 2.31. The van der Waals surface area contributed by atoms with E-state index in [9.17, 15) is 0 Å². The summed E-state index contributed by atoms with van der Waals surface area (Å²) in [6.45, 7) is 8.00. The predicted octanol–water partition coefficient (Wildman–Crippen LogP) is 4.97. The number of rotatable bonds is 10. The minimum atomic E-state index is 0.656. The molecule has 0 radical (unpaired) electrons. The van der Waals surface area contributed by atoms with E-state index in [1.807, 2.05) is 11.8 Å². The highest BCUT2D eigenvalue weighted by Gasteiger charge is 2.08. The zero-order valence-electron chi connectivity index (χ0n) is 12.7. The van der Waals surface area contributed by atoms with Gasteiger partial charge in [0.2, 0.25) is 0 Å². The van der Waals surface area contributed by atoms with Gasteiger partial charge in [-0.15, -0.1) is 11.8 Å². The Morgan fingerprint density at radius 1 is 1.11 bits per heavy atom. The summed E-state index contributed by atoms with van der Waals surface area (Å²) in [7, 11) is 0. The second-order valence-corrected chi connectivity index (χ2v) is 6.69. The first-order valence-electron chi connectivity index (χ1n) is 7.63. The molecule has 1 aromatic rings. The molecule has 108 valence electrons. The molecular weight excluding hydrogens is 250 g/mol. The monoisotopic (exact) mass is 279 g/mol. The van der Waals surface area contributed by atoms with Gasteiger partial charge < -0.3 is 5.32 Å². The Morgan fingerprint density at radius 2 is 1.84 bits per heavy atom. The molecule has 0 amide bonds. The minimum absolute atomic E-state index is 0.656. The summed E-state index contributed by atoms with van der Waals surface area (Å²) in [5.41, 5.74) is 0. The molecule has 1 rings (SSSR count). The second kappa shape index (κ2) is 10.3. The van der Waals surface area contributed by atoms with E-state index in [4.69, 9.17) is 0 Å². The largest absolute Gasteiger partial charge is 0.313 e. The summed E-state index contributed by atoms with van der Waals surface area (Å²) in [4.78, 5) is 1.38. The van der Waals surface area contributed by atoms with Crippen LogP contribution < -0.4 is 5.32 Å². The maximum absolute atomic E-state index is 3.69. The lowest BCUT2D eigenvalue weighted by Crippen LogP contribution is -2.32. The summed E-state index contributed by atoms with van der Waals surface area (Å²) in [6, 6.07) is 11.4. The molecule has 0 aliphatic rings. The van der Waals surface area contributed by atoms with E-state index in [-0.39, 0.29) is 0 Å². The van der Waals surface area contributed by atoms with E-state index in [0.717, 1.165) is 12.5 Å². The van der Waals surface area contributed by atoms with Gasteiger partial charge in [0.15, 0.2) is 0 Å². The van der Waals surface area contributed by atoms with E-state index in [1.54, 1.807) is 0 Å². The molecule has 1 nitrogen and oxygen atoms in total. The van der Waals surface area contributed by atoms with Crippen LogP contribution in [0, 0.1) is 5.92 Å². The predicted molar refractivity (Wildman–Crippen MR) is 87.9 cm³/mol. The summed E-state index contributed by atoms with van der Waals surface area (Å²) in [5, 5.41) is 3.69. The maximum Gasteiger partial charge on any atom is 0.0161 e. The third-order valence-corrected chi connectivity index (χ3v) is 4.39. The Morgan fingerprint density at radius 3 is 2.47 bits per heavy atom. The molecule has 0 fully saturated rings. The molecule has 0 aliphatic carbocycles. The van der Waals surface area contributed by atoms with E-state index >= 15 is 0 Å². The molecule has 1 unspecified atom stereocenters. The molecule has 0 saturated carbocycles. The number of hydrogen-bond acceptors (Lipinski definition) is 2. The van der Waals surface area contributed by atoms with Gasteiger partial charge in [0.05, 0.1) is 0 Å². The molecule has 2 heteroatoms. The molecule has 1 aromatic carbocycles. The quantitative estimate of drug-likeness (QED) is 0.607. The Bertz CT molecular complexity index is 310. The zero-order valence-corrected chi connectivity index (χ0v) is 13.5. The first kappa shape index (κ1) is 16.6. The lowest BCUT2D eigenvalue weighted by Gasteiger charge is -2.18. The van der Waals surface area contributed by atoms with Gasteiger partial charge in [-0.2, -0.15) is 0 Å². The highest BCUT2D eigenvalue weighted by Crippen LogP contribution is 2.20. The van der Waals surface area contributed by atoms with E-state index in [1.165, 1.54) is 36.3 Å². The van der Waals surface area contributed by atoms with Crippen LogP contribution in [0.2, 0.25) is 0 Å². The number of benzene rings is 1. The van der Waals surface area contributed by atoms with Crippen molar-refractivity contribution in [3.63, 3.8) is 0 Å². The highest BCUT2D eigenvalue weighted by molar-refractivity contribution is 7.99. The molecule has 0 saturated heterocycles. The third kappa shape index (κ3) is 8.33. The van der Waals surface area contributed by atoms with Gasteiger partial charge in [-0.05, 0) is 37.4 Å². The van der Waals surface area contributed by atoms with Crippen molar-refractivity contribution < 1.29 is 0 Å². The lowest BCUT2D eigenvalue weighted by molar-refractivity contribution is 0.462. The molecule has 0 bridgehead atoms. The summed E-state index contributed by atoms with van der Waals surface area (Å²) in [5.74, 6) is 2.01. The van der Waals surface area contributed by atoms with E-state index in [2.05, 4.69) is 56.4 Å². The van der Waals surface area contributed by atoms with Crippen LogP contribution in [0.25, 0.3) is 0 Å². The Hall–Kier alpha value is -0.470. The van der Waals surface area contributed by atoms with Gasteiger partial charge in [-0.1, -0.05) is 51.8 Å². The summed E-state index contributed by atoms with van der Waals surface area (Å²) >= 11 is 1.98. The number of hydrogen-bond donors (Lipinski definition) is 1. The van der Waals surface area contributed by atoms with Crippen molar-refractivity contribution in [2.45, 2.75) is 57.4 Å². The van der Waals surface area contributed by atoms with Crippen LogP contribution in [0.4, 0.5) is 0 Å². The van der Waals surface area contributed by atoms with Crippen LogP contribution in [0.3, 0.4) is 0 Å². The topological polar surface area (TPSA) is 12.0 Å². The van der Waals surface area contributed by atoms with Gasteiger partial charge in [0.1, 0.15) is 0 Å². The number of nitrogens with one attached hydrogen (secondary N) is 1. The Kier molecular flexibility index (Phi) is 9.02. The highest BCUT2D eigenvalue weighted by atomic mass is 32.2. The van der Waals surface area contributed by atoms with Crippen LogP contribution in [-0.4, -0.2) is 18.3 Å². The van der Waals surface area contributed by atoms with Crippen LogP contribution in [0.15, 0.2) is 35.2 Å². The van der Waals surface area contributed by atoms with Crippen molar-refractivity contribution in [2.75, 3.05) is 12.3 Å². The van der Waals surface area contributed by atoms with E-state index < -0.39 is 0 Å². The molecule has 1 N–H and O–H groups in total. The fourth-order valence-electron chi connectivity index (χ4n) is 2.08. The average Bonchev–Trinajstić information content (AvgIpc) is 2.42. The molecule has 19 heavy (non-hydrogen) atoms. The average molecular weight is 279 g/mol. The van der Waals surface area contributed by atoms with Gasteiger partial charge in [0, 0.05) is 16.7 Å². The van der Waals surface area contributed by atoms with Gasteiger partial charge in [-0.25, -0.2) is 0 Å². The summed E-state index contributed by atoms with van der Waals surface area (Å²) < 4.78 is 0. The van der Waals surface area contributed by atoms with Gasteiger partial charge >= 0.3 is 0 Å². The van der Waals surface area contributed by atoms with Crippen molar-refractivity contribution in [1.82, 2.24) is 5.32 Å². The third-order valence-electron chi connectivity index (χ3n) is 3.21. The van der Waals surface area contributed by atoms with Crippen LogP contribution in [-0.2, 0) is 0 Å². The molecule has 1 atom stereocenters. The van der Waals surface area contributed by atoms with Crippen molar-refractivity contribution >= 4 is 11.8 Å². The second-order valence-electron chi connectivity index (χ2n) is 5.60. The normalized spacial score (nSPS) is 12.8. The Labute approximate surface area is 123 Å². The maximum atomic E-state index is 3.69. The smallest absolute Gasteiger partial charge is 0.0161 e. The molecule has 0 spiro atoms. The van der Waals surface area contributed by atoms with Crippen LogP contribution in [0.5, 0.6) is 0 Å². The van der Waals surface area contributed by atoms with E-state index in [0.29, 0.717) is 6.04 Å². The SMILES string of the molecule is CCCNC(CCCC(C)C)CSc1ccccc1. The van der Waals surface area contributed by atoms with Crippen molar-refractivity contribution in [3.05, 3.63) is 30.3 Å². The minimum Gasteiger partial charge on any atom is -0.313 e. The van der Waals surface area contributed by atoms with Crippen molar-refractivity contribution in [2.24, 2.45) is 5.92 Å².